The van der Waals surface area contributed by atoms with Crippen LogP contribution in [0.1, 0.15) is 42.8 Å². The van der Waals surface area contributed by atoms with Crippen LogP contribution in [-0.2, 0) is 17.6 Å². The minimum absolute atomic E-state index is 0.170. The maximum atomic E-state index is 12.9. The van der Waals surface area contributed by atoms with Gasteiger partial charge < -0.3 is 9.64 Å². The van der Waals surface area contributed by atoms with Crippen molar-refractivity contribution in [3.05, 3.63) is 71.9 Å². The van der Waals surface area contributed by atoms with Gasteiger partial charge in [-0.1, -0.05) is 25.1 Å². The molecule has 1 atom stereocenters. The van der Waals surface area contributed by atoms with E-state index in [1.807, 2.05) is 52.2 Å². The average molecular weight is 405 g/mol. The maximum Gasteiger partial charge on any atom is 0.227 e. The predicted octanol–water partition coefficient (Wildman–Crippen LogP) is 3.79. The minimum atomic E-state index is 0.170. The molecule has 0 bridgehead atoms. The highest BCUT2D eigenvalue weighted by Crippen LogP contribution is 2.27. The van der Waals surface area contributed by atoms with Gasteiger partial charge in [-0.05, 0) is 42.7 Å². The molecule has 1 unspecified atom stereocenters. The molecule has 4 rings (SSSR count). The Bertz CT molecular complexity index is 996. The molecule has 6 heteroatoms. The van der Waals surface area contributed by atoms with E-state index in [4.69, 9.17) is 9.72 Å². The number of benzene rings is 1. The van der Waals surface area contributed by atoms with Crippen LogP contribution < -0.4 is 4.74 Å². The van der Waals surface area contributed by atoms with Crippen molar-refractivity contribution in [2.75, 3.05) is 20.2 Å². The van der Waals surface area contributed by atoms with Crippen LogP contribution in [-0.4, -0.2) is 45.5 Å². The van der Waals surface area contributed by atoms with Crippen LogP contribution in [0.4, 0.5) is 0 Å². The number of amides is 1. The first-order valence-electron chi connectivity index (χ1n) is 10.6. The third-order valence-electron chi connectivity index (χ3n) is 5.74. The Kier molecular flexibility index (Phi) is 6.12. The molecule has 3 heterocycles. The molecule has 6 nitrogen and oxygen atoms in total. The number of ether oxygens (including phenoxy) is 1. The molecular weight excluding hydrogens is 376 g/mol. The lowest BCUT2D eigenvalue weighted by molar-refractivity contribution is -0.131. The van der Waals surface area contributed by atoms with Crippen molar-refractivity contribution in [3.8, 4) is 11.6 Å². The molecule has 1 amide bonds. The standard InChI is InChI=1S/C24H28N4O2/c1-3-22-25-13-15-28(22)23-8-4-7-21(26-23)19-6-5-14-27(17-19)24(29)16-18-9-11-20(30-2)12-10-18/h4,7-13,15,19H,3,5-6,14,16-17H2,1-2H3. The molecule has 30 heavy (non-hydrogen) atoms. The summed E-state index contributed by atoms with van der Waals surface area (Å²) in [6.45, 7) is 3.62. The van der Waals surface area contributed by atoms with E-state index in [1.165, 1.54) is 0 Å². The number of nitrogens with zero attached hydrogens (tertiary/aromatic N) is 4. The van der Waals surface area contributed by atoms with Crippen LogP contribution in [0, 0.1) is 0 Å². The fourth-order valence-electron chi connectivity index (χ4n) is 4.08. The second-order valence-electron chi connectivity index (χ2n) is 7.69. The summed E-state index contributed by atoms with van der Waals surface area (Å²) in [5.74, 6) is 3.12. The number of likely N-dealkylation sites (tertiary alicyclic amines) is 1. The third kappa shape index (κ3) is 4.37. The Balaban J connectivity index is 1.46. The fourth-order valence-corrected chi connectivity index (χ4v) is 4.08. The summed E-state index contributed by atoms with van der Waals surface area (Å²) in [5.41, 5.74) is 2.06. The van der Waals surface area contributed by atoms with Crippen LogP contribution in [0.3, 0.4) is 0 Å². The first kappa shape index (κ1) is 20.1. The first-order valence-corrected chi connectivity index (χ1v) is 10.6. The minimum Gasteiger partial charge on any atom is -0.497 e. The molecule has 1 aromatic carbocycles. The third-order valence-corrected chi connectivity index (χ3v) is 5.74. The number of aromatic nitrogens is 3. The van der Waals surface area contributed by atoms with Gasteiger partial charge in [-0.15, -0.1) is 0 Å². The van der Waals surface area contributed by atoms with Gasteiger partial charge in [-0.2, -0.15) is 0 Å². The van der Waals surface area contributed by atoms with Crippen LogP contribution in [0.25, 0.3) is 5.82 Å². The molecule has 0 spiro atoms. The molecule has 156 valence electrons. The number of methoxy groups -OCH3 is 1. The molecule has 0 radical (unpaired) electrons. The van der Waals surface area contributed by atoms with Gasteiger partial charge in [0.2, 0.25) is 5.91 Å². The van der Waals surface area contributed by atoms with E-state index < -0.39 is 0 Å². The summed E-state index contributed by atoms with van der Waals surface area (Å²) in [7, 11) is 1.65. The smallest absolute Gasteiger partial charge is 0.227 e. The van der Waals surface area contributed by atoms with Crippen molar-refractivity contribution >= 4 is 5.91 Å². The van der Waals surface area contributed by atoms with Crippen LogP contribution >= 0.6 is 0 Å². The van der Waals surface area contributed by atoms with Crippen molar-refractivity contribution in [1.82, 2.24) is 19.4 Å². The van der Waals surface area contributed by atoms with E-state index >= 15 is 0 Å². The highest BCUT2D eigenvalue weighted by atomic mass is 16.5. The van der Waals surface area contributed by atoms with E-state index in [2.05, 4.69) is 24.0 Å². The van der Waals surface area contributed by atoms with Gasteiger partial charge in [-0.3, -0.25) is 9.36 Å². The summed E-state index contributed by atoms with van der Waals surface area (Å²) < 4.78 is 7.24. The number of carbonyl (C=O) groups excluding carboxylic acids is 1. The van der Waals surface area contributed by atoms with Crippen molar-refractivity contribution in [2.24, 2.45) is 0 Å². The molecular formula is C24H28N4O2. The Morgan fingerprint density at radius 2 is 2.03 bits per heavy atom. The quantitative estimate of drug-likeness (QED) is 0.627. The molecule has 3 aromatic rings. The van der Waals surface area contributed by atoms with E-state index in [0.29, 0.717) is 6.42 Å². The number of pyridine rings is 1. The van der Waals surface area contributed by atoms with Crippen molar-refractivity contribution < 1.29 is 9.53 Å². The molecule has 0 N–H and O–H groups in total. The highest BCUT2D eigenvalue weighted by molar-refractivity contribution is 5.79. The SMILES string of the molecule is CCc1nccn1-c1cccc(C2CCCN(C(=O)Cc3ccc(OC)cc3)C2)n1. The molecule has 1 fully saturated rings. The lowest BCUT2D eigenvalue weighted by Gasteiger charge is -2.32. The number of hydrogen-bond donors (Lipinski definition) is 0. The molecule has 0 saturated carbocycles. The zero-order valence-corrected chi connectivity index (χ0v) is 17.6. The second-order valence-corrected chi connectivity index (χ2v) is 7.69. The van der Waals surface area contributed by atoms with Gasteiger partial charge in [0, 0.05) is 43.5 Å². The van der Waals surface area contributed by atoms with E-state index in [0.717, 1.165) is 61.0 Å². The first-order chi connectivity index (χ1) is 14.7. The molecule has 1 aliphatic rings. The normalized spacial score (nSPS) is 16.5. The Hall–Kier alpha value is -3.15. The van der Waals surface area contributed by atoms with Crippen LogP contribution in [0.5, 0.6) is 5.75 Å². The number of imidazole rings is 1. The van der Waals surface area contributed by atoms with Crippen molar-refractivity contribution in [1.29, 1.82) is 0 Å². The number of piperidine rings is 1. The molecule has 2 aromatic heterocycles. The Morgan fingerprint density at radius 3 is 2.80 bits per heavy atom. The van der Waals surface area contributed by atoms with Crippen molar-refractivity contribution in [2.45, 2.75) is 38.5 Å². The fraction of sp³-hybridized carbons (Fsp3) is 0.375. The zero-order valence-electron chi connectivity index (χ0n) is 17.6. The van der Waals surface area contributed by atoms with Crippen LogP contribution in [0.2, 0.25) is 0 Å². The van der Waals surface area contributed by atoms with Gasteiger partial charge in [0.25, 0.3) is 0 Å². The van der Waals surface area contributed by atoms with Gasteiger partial charge >= 0.3 is 0 Å². The van der Waals surface area contributed by atoms with Gasteiger partial charge in [0.15, 0.2) is 0 Å². The number of carbonyl (C=O) groups is 1. The number of aryl methyl sites for hydroxylation is 1. The van der Waals surface area contributed by atoms with E-state index in [-0.39, 0.29) is 11.8 Å². The monoisotopic (exact) mass is 404 g/mol. The van der Waals surface area contributed by atoms with Crippen LogP contribution in [0.15, 0.2) is 54.9 Å². The highest BCUT2D eigenvalue weighted by Gasteiger charge is 2.26. The number of rotatable bonds is 6. The lowest BCUT2D eigenvalue weighted by atomic mass is 9.93. The lowest BCUT2D eigenvalue weighted by Crippen LogP contribution is -2.40. The van der Waals surface area contributed by atoms with Gasteiger partial charge in [0.05, 0.1) is 13.5 Å². The summed E-state index contributed by atoms with van der Waals surface area (Å²) in [6.07, 6.45) is 7.09. The topological polar surface area (TPSA) is 60.2 Å². The van der Waals surface area contributed by atoms with E-state index in [9.17, 15) is 4.79 Å². The molecule has 1 saturated heterocycles. The zero-order chi connectivity index (χ0) is 20.9. The average Bonchev–Trinajstić information content (AvgIpc) is 3.29. The van der Waals surface area contributed by atoms with Gasteiger partial charge in [-0.25, -0.2) is 9.97 Å². The summed E-state index contributed by atoms with van der Waals surface area (Å²) >= 11 is 0. The Morgan fingerprint density at radius 1 is 1.20 bits per heavy atom. The summed E-state index contributed by atoms with van der Waals surface area (Å²) in [6, 6.07) is 13.9. The predicted molar refractivity (Wildman–Crippen MR) is 116 cm³/mol. The largest absolute Gasteiger partial charge is 0.497 e. The summed E-state index contributed by atoms with van der Waals surface area (Å²) in [4.78, 5) is 24.2. The molecule has 1 aliphatic heterocycles. The van der Waals surface area contributed by atoms with E-state index in [1.54, 1.807) is 7.11 Å². The number of hydrogen-bond acceptors (Lipinski definition) is 4. The maximum absolute atomic E-state index is 12.9. The second kappa shape index (κ2) is 9.11. The molecule has 0 aliphatic carbocycles. The van der Waals surface area contributed by atoms with Crippen molar-refractivity contribution in [3.63, 3.8) is 0 Å². The van der Waals surface area contributed by atoms with Gasteiger partial charge in [0.1, 0.15) is 17.4 Å². The Labute approximate surface area is 177 Å². The summed E-state index contributed by atoms with van der Waals surface area (Å²) in [5, 5.41) is 0.